The first-order chi connectivity index (χ1) is 11.9. The van der Waals surface area contributed by atoms with Crippen LogP contribution in [0.1, 0.15) is 56.8 Å². The minimum absolute atomic E-state index is 0.245. The average molecular weight is 340 g/mol. The second kappa shape index (κ2) is 5.86. The number of ether oxygens (including phenoxy) is 1. The highest BCUT2D eigenvalue weighted by molar-refractivity contribution is 5.69. The van der Waals surface area contributed by atoms with Gasteiger partial charge in [0.05, 0.1) is 11.4 Å². The van der Waals surface area contributed by atoms with Crippen molar-refractivity contribution in [1.82, 2.24) is 20.1 Å². The molecular weight excluding hydrogens is 316 g/mol. The van der Waals surface area contributed by atoms with Crippen LogP contribution in [0.15, 0.2) is 24.4 Å². The van der Waals surface area contributed by atoms with Crippen molar-refractivity contribution in [1.29, 1.82) is 0 Å². The fourth-order valence-electron chi connectivity index (χ4n) is 3.14. The summed E-state index contributed by atoms with van der Waals surface area (Å²) in [6.07, 6.45) is 4.12. The molecule has 0 unspecified atom stereocenters. The maximum Gasteiger partial charge on any atom is 0.410 e. The van der Waals surface area contributed by atoms with E-state index in [9.17, 15) is 4.79 Å². The molecule has 6 heteroatoms. The Balaban J connectivity index is 1.45. The van der Waals surface area contributed by atoms with Gasteiger partial charge in [-0.3, -0.25) is 10.1 Å². The lowest BCUT2D eigenvalue weighted by atomic mass is 9.95. The molecule has 25 heavy (non-hydrogen) atoms. The quantitative estimate of drug-likeness (QED) is 0.925. The van der Waals surface area contributed by atoms with Crippen molar-refractivity contribution in [3.05, 3.63) is 35.8 Å². The van der Waals surface area contributed by atoms with Crippen molar-refractivity contribution in [2.45, 2.75) is 51.0 Å². The Labute approximate surface area is 147 Å². The van der Waals surface area contributed by atoms with Crippen LogP contribution in [-0.2, 0) is 4.74 Å². The number of carbonyl (C=O) groups is 1. The van der Waals surface area contributed by atoms with E-state index in [1.54, 1.807) is 4.90 Å². The number of hydrogen-bond donors (Lipinski definition) is 1. The van der Waals surface area contributed by atoms with E-state index in [4.69, 9.17) is 9.72 Å². The Morgan fingerprint density at radius 3 is 2.68 bits per heavy atom. The highest BCUT2D eigenvalue weighted by Crippen LogP contribution is 2.43. The van der Waals surface area contributed by atoms with E-state index in [0.29, 0.717) is 19.0 Å². The van der Waals surface area contributed by atoms with Crippen molar-refractivity contribution < 1.29 is 9.53 Å². The van der Waals surface area contributed by atoms with Gasteiger partial charge >= 0.3 is 6.09 Å². The molecular formula is C19H24N4O2. The van der Waals surface area contributed by atoms with Crippen LogP contribution in [0.3, 0.4) is 0 Å². The minimum Gasteiger partial charge on any atom is -0.444 e. The smallest absolute Gasteiger partial charge is 0.410 e. The third-order valence-electron chi connectivity index (χ3n) is 4.63. The molecule has 2 aliphatic rings. The maximum atomic E-state index is 12.1. The number of nitrogens with zero attached hydrogens (tertiary/aromatic N) is 3. The molecule has 1 amide bonds. The van der Waals surface area contributed by atoms with Crippen molar-refractivity contribution in [2.24, 2.45) is 0 Å². The zero-order valence-electron chi connectivity index (χ0n) is 15.0. The van der Waals surface area contributed by atoms with Crippen LogP contribution >= 0.6 is 0 Å². The van der Waals surface area contributed by atoms with Crippen molar-refractivity contribution in [3.63, 3.8) is 0 Å². The number of nitrogens with one attached hydrogen (secondary N) is 1. The summed E-state index contributed by atoms with van der Waals surface area (Å²) in [7, 11) is 0. The number of aromatic nitrogens is 3. The molecule has 1 aliphatic heterocycles. The normalized spacial score (nSPS) is 18.1. The number of pyridine rings is 1. The molecule has 0 spiro atoms. The van der Waals surface area contributed by atoms with Gasteiger partial charge in [-0.25, -0.2) is 4.79 Å². The fraction of sp³-hybridized carbons (Fsp3) is 0.526. The van der Waals surface area contributed by atoms with Crippen LogP contribution in [0, 0.1) is 0 Å². The lowest BCUT2D eigenvalue weighted by Gasteiger charge is -2.39. The molecule has 0 radical (unpaired) electrons. The number of H-pyrrole nitrogens is 1. The third kappa shape index (κ3) is 3.38. The van der Waals surface area contributed by atoms with Gasteiger partial charge < -0.3 is 9.64 Å². The van der Waals surface area contributed by atoms with Gasteiger partial charge in [-0.1, -0.05) is 6.07 Å². The van der Waals surface area contributed by atoms with Gasteiger partial charge in [0.15, 0.2) is 0 Å². The summed E-state index contributed by atoms with van der Waals surface area (Å²) in [5, 5.41) is 7.38. The van der Waals surface area contributed by atoms with Gasteiger partial charge in [-0.2, -0.15) is 5.10 Å². The van der Waals surface area contributed by atoms with Crippen LogP contribution in [0.5, 0.6) is 0 Å². The van der Waals surface area contributed by atoms with E-state index in [1.807, 2.05) is 45.2 Å². The lowest BCUT2D eigenvalue weighted by Crippen LogP contribution is -2.50. The molecule has 132 valence electrons. The summed E-state index contributed by atoms with van der Waals surface area (Å²) in [6, 6.07) is 6.11. The molecule has 2 aromatic rings. The summed E-state index contributed by atoms with van der Waals surface area (Å²) in [4.78, 5) is 18.6. The molecule has 6 nitrogen and oxygen atoms in total. The van der Waals surface area contributed by atoms with Gasteiger partial charge in [0.1, 0.15) is 5.60 Å². The number of aromatic amines is 1. The first kappa shape index (κ1) is 16.1. The van der Waals surface area contributed by atoms with Crippen LogP contribution in [0.4, 0.5) is 4.79 Å². The highest BCUT2D eigenvalue weighted by atomic mass is 16.6. The summed E-state index contributed by atoms with van der Waals surface area (Å²) in [5.74, 6) is 0.849. The molecule has 1 saturated heterocycles. The van der Waals surface area contributed by atoms with E-state index in [2.05, 4.69) is 10.2 Å². The van der Waals surface area contributed by atoms with Crippen LogP contribution in [0.2, 0.25) is 0 Å². The van der Waals surface area contributed by atoms with E-state index in [0.717, 1.165) is 22.6 Å². The van der Waals surface area contributed by atoms with Crippen LogP contribution < -0.4 is 0 Å². The summed E-state index contributed by atoms with van der Waals surface area (Å²) >= 11 is 0. The Hall–Kier alpha value is -2.37. The molecule has 3 heterocycles. The predicted octanol–water partition coefficient (Wildman–Crippen LogP) is 3.68. The van der Waals surface area contributed by atoms with Crippen molar-refractivity contribution >= 4 is 6.09 Å². The molecule has 2 fully saturated rings. The zero-order valence-corrected chi connectivity index (χ0v) is 15.0. The molecule has 0 aromatic carbocycles. The first-order valence-corrected chi connectivity index (χ1v) is 8.89. The molecule has 4 rings (SSSR count). The van der Waals surface area contributed by atoms with E-state index in [1.165, 1.54) is 12.8 Å². The number of likely N-dealkylation sites (tertiary alicyclic amines) is 1. The van der Waals surface area contributed by atoms with Crippen LogP contribution in [-0.4, -0.2) is 44.9 Å². The summed E-state index contributed by atoms with van der Waals surface area (Å²) in [5.41, 5.74) is 3.77. The second-order valence-electron chi connectivity index (χ2n) is 7.99. The largest absolute Gasteiger partial charge is 0.444 e. The van der Waals surface area contributed by atoms with E-state index in [-0.39, 0.29) is 12.0 Å². The Bertz CT molecular complexity index is 783. The predicted molar refractivity (Wildman–Crippen MR) is 94.3 cm³/mol. The number of rotatable bonds is 3. The van der Waals surface area contributed by atoms with Gasteiger partial charge in [-0.15, -0.1) is 0 Å². The standard InChI is InChI=1S/C19H24N4O2/c1-19(2,3)25-18(24)23-10-13(11-23)15-5-4-6-16(21-15)14-9-20-22-17(14)12-7-8-12/h4-6,9,12-13H,7-8,10-11H2,1-3H3,(H,20,22). The second-order valence-corrected chi connectivity index (χ2v) is 7.99. The van der Waals surface area contributed by atoms with E-state index >= 15 is 0 Å². The van der Waals surface area contributed by atoms with Crippen molar-refractivity contribution in [2.75, 3.05) is 13.1 Å². The third-order valence-corrected chi connectivity index (χ3v) is 4.63. The zero-order chi connectivity index (χ0) is 17.6. The van der Waals surface area contributed by atoms with E-state index < -0.39 is 5.60 Å². The Kier molecular flexibility index (Phi) is 3.78. The topological polar surface area (TPSA) is 71.1 Å². The van der Waals surface area contributed by atoms with Gasteiger partial charge in [0.25, 0.3) is 0 Å². The van der Waals surface area contributed by atoms with Gasteiger partial charge in [0.2, 0.25) is 0 Å². The van der Waals surface area contributed by atoms with Gasteiger partial charge in [0, 0.05) is 42.4 Å². The number of amides is 1. The minimum atomic E-state index is -0.458. The Morgan fingerprint density at radius 2 is 2.00 bits per heavy atom. The number of hydrogen-bond acceptors (Lipinski definition) is 4. The van der Waals surface area contributed by atoms with Crippen LogP contribution in [0.25, 0.3) is 11.3 Å². The SMILES string of the molecule is CC(C)(C)OC(=O)N1CC(c2cccc(-c3c[nH]nc3C3CC3)n2)C1. The molecule has 0 bridgehead atoms. The monoisotopic (exact) mass is 340 g/mol. The lowest BCUT2D eigenvalue weighted by molar-refractivity contribution is 0.00789. The molecule has 1 N–H and O–H groups in total. The van der Waals surface area contributed by atoms with Gasteiger partial charge in [-0.05, 0) is 45.7 Å². The Morgan fingerprint density at radius 1 is 1.24 bits per heavy atom. The highest BCUT2D eigenvalue weighted by Gasteiger charge is 2.35. The molecule has 0 atom stereocenters. The number of carbonyl (C=O) groups excluding carboxylic acids is 1. The molecule has 1 saturated carbocycles. The maximum absolute atomic E-state index is 12.1. The fourth-order valence-corrected chi connectivity index (χ4v) is 3.14. The summed E-state index contributed by atoms with van der Waals surface area (Å²) < 4.78 is 5.41. The molecule has 1 aliphatic carbocycles. The summed E-state index contributed by atoms with van der Waals surface area (Å²) in [6.45, 7) is 6.97. The molecule has 2 aromatic heterocycles. The van der Waals surface area contributed by atoms with Crippen molar-refractivity contribution in [3.8, 4) is 11.3 Å². The first-order valence-electron chi connectivity index (χ1n) is 8.89. The average Bonchev–Trinajstić information content (AvgIpc) is 3.21.